The number of para-hydroxylation sites is 3. The van der Waals surface area contributed by atoms with Crippen LogP contribution in [0.2, 0.25) is 0 Å². The van der Waals surface area contributed by atoms with Crippen molar-refractivity contribution < 1.29 is 19.2 Å². The molecule has 2 N–H and O–H groups in total. The van der Waals surface area contributed by atoms with Crippen LogP contribution in [0.1, 0.15) is 10.5 Å². The van der Waals surface area contributed by atoms with E-state index in [1.807, 2.05) is 30.3 Å². The molecule has 4 rings (SSSR count). The van der Waals surface area contributed by atoms with Gasteiger partial charge in [-0.1, -0.05) is 36.4 Å². The molecule has 0 bridgehead atoms. The number of aromatic nitrogens is 2. The maximum atomic E-state index is 13.1. The Morgan fingerprint density at radius 3 is 2.38 bits per heavy atom. The minimum atomic E-state index is -0.572. The summed E-state index contributed by atoms with van der Waals surface area (Å²) in [5.41, 5.74) is 7.20. The van der Waals surface area contributed by atoms with Crippen molar-refractivity contribution in [3.8, 4) is 28.3 Å². The molecular weight excluding hydrogens is 438 g/mol. The summed E-state index contributed by atoms with van der Waals surface area (Å²) in [6, 6.07) is 20.6. The summed E-state index contributed by atoms with van der Waals surface area (Å²) >= 11 is 0. The molecule has 1 aromatic heterocycles. The molecule has 1 heterocycles. The molecule has 0 aliphatic heterocycles. The van der Waals surface area contributed by atoms with Crippen LogP contribution >= 0.6 is 0 Å². The van der Waals surface area contributed by atoms with Gasteiger partial charge in [0.2, 0.25) is 0 Å². The maximum Gasteiger partial charge on any atom is 0.294 e. The van der Waals surface area contributed by atoms with Gasteiger partial charge in [-0.25, -0.2) is 4.68 Å². The number of hydrogen-bond donors (Lipinski definition) is 2. The lowest BCUT2D eigenvalue weighted by atomic mass is 10.1. The van der Waals surface area contributed by atoms with Crippen LogP contribution in [-0.2, 0) is 0 Å². The Balaban J connectivity index is 1.72. The summed E-state index contributed by atoms with van der Waals surface area (Å²) in [7, 11) is 3.07. The van der Waals surface area contributed by atoms with Gasteiger partial charge in [0.15, 0.2) is 17.2 Å². The molecule has 4 aromatic rings. The highest BCUT2D eigenvalue weighted by Crippen LogP contribution is 2.34. The SMILES string of the molecule is COc1ccc(-c2cn(-c3ccccc3)nc2C(=O)NNc2ccccc2[N+](=O)[O-])cc1OC. The second-order valence-corrected chi connectivity index (χ2v) is 7.09. The number of rotatable bonds is 8. The van der Waals surface area contributed by atoms with Crippen LogP contribution in [-0.4, -0.2) is 34.8 Å². The quantitative estimate of drug-likeness (QED) is 0.299. The Hall–Kier alpha value is -4.86. The Labute approximate surface area is 194 Å². The highest BCUT2D eigenvalue weighted by atomic mass is 16.6. The van der Waals surface area contributed by atoms with Gasteiger partial charge in [-0.15, -0.1) is 0 Å². The van der Waals surface area contributed by atoms with Gasteiger partial charge in [-0.05, 0) is 35.9 Å². The molecule has 0 aliphatic carbocycles. The molecule has 0 aliphatic rings. The van der Waals surface area contributed by atoms with Gasteiger partial charge in [0.05, 0.1) is 24.8 Å². The molecule has 0 atom stereocenters. The lowest BCUT2D eigenvalue weighted by molar-refractivity contribution is -0.384. The van der Waals surface area contributed by atoms with Gasteiger partial charge < -0.3 is 9.47 Å². The van der Waals surface area contributed by atoms with Crippen molar-refractivity contribution in [2.75, 3.05) is 19.6 Å². The summed E-state index contributed by atoms with van der Waals surface area (Å²) in [5.74, 6) is 0.472. The van der Waals surface area contributed by atoms with Crippen LogP contribution in [0.15, 0.2) is 79.0 Å². The van der Waals surface area contributed by atoms with Crippen LogP contribution in [0.3, 0.4) is 0 Å². The summed E-state index contributed by atoms with van der Waals surface area (Å²) in [4.78, 5) is 23.9. The van der Waals surface area contributed by atoms with Gasteiger partial charge in [-0.3, -0.25) is 25.8 Å². The molecule has 0 radical (unpaired) electrons. The number of carbonyl (C=O) groups excluding carboxylic acids is 1. The smallest absolute Gasteiger partial charge is 0.294 e. The number of carbonyl (C=O) groups is 1. The normalized spacial score (nSPS) is 10.4. The monoisotopic (exact) mass is 459 g/mol. The van der Waals surface area contributed by atoms with Gasteiger partial charge in [-0.2, -0.15) is 5.10 Å². The average Bonchev–Trinajstić information content (AvgIpc) is 3.33. The van der Waals surface area contributed by atoms with E-state index in [0.29, 0.717) is 22.6 Å². The van der Waals surface area contributed by atoms with Crippen LogP contribution in [0, 0.1) is 10.1 Å². The highest BCUT2D eigenvalue weighted by Gasteiger charge is 2.21. The third-order valence-corrected chi connectivity index (χ3v) is 5.06. The minimum Gasteiger partial charge on any atom is -0.493 e. The van der Waals surface area contributed by atoms with E-state index in [1.54, 1.807) is 41.2 Å². The van der Waals surface area contributed by atoms with Gasteiger partial charge in [0.25, 0.3) is 11.6 Å². The molecule has 0 unspecified atom stereocenters. The summed E-state index contributed by atoms with van der Waals surface area (Å²) in [6.45, 7) is 0. The van der Waals surface area contributed by atoms with E-state index >= 15 is 0 Å². The molecule has 34 heavy (non-hydrogen) atoms. The fourth-order valence-electron chi connectivity index (χ4n) is 3.39. The molecule has 172 valence electrons. The van der Waals surface area contributed by atoms with E-state index in [4.69, 9.17) is 9.47 Å². The molecule has 10 nitrogen and oxygen atoms in total. The van der Waals surface area contributed by atoms with Gasteiger partial charge >= 0.3 is 0 Å². The average molecular weight is 459 g/mol. The number of nitro benzene ring substituents is 1. The van der Waals surface area contributed by atoms with Gasteiger partial charge in [0.1, 0.15) is 5.69 Å². The maximum absolute atomic E-state index is 13.1. The van der Waals surface area contributed by atoms with E-state index in [9.17, 15) is 14.9 Å². The molecule has 3 aromatic carbocycles. The van der Waals surface area contributed by atoms with Crippen molar-refractivity contribution in [2.45, 2.75) is 0 Å². The summed E-state index contributed by atoms with van der Waals surface area (Å²) < 4.78 is 12.3. The topological polar surface area (TPSA) is 121 Å². The number of amides is 1. The van der Waals surface area contributed by atoms with Crippen molar-refractivity contribution in [1.82, 2.24) is 15.2 Å². The van der Waals surface area contributed by atoms with Crippen molar-refractivity contribution in [3.05, 3.63) is 94.8 Å². The molecule has 0 fully saturated rings. The molecular formula is C24H21N5O5. The Morgan fingerprint density at radius 1 is 0.971 bits per heavy atom. The third-order valence-electron chi connectivity index (χ3n) is 5.06. The molecule has 1 amide bonds. The van der Waals surface area contributed by atoms with E-state index in [2.05, 4.69) is 16.0 Å². The third kappa shape index (κ3) is 4.51. The minimum absolute atomic E-state index is 0.113. The molecule has 0 saturated heterocycles. The van der Waals surface area contributed by atoms with Crippen LogP contribution < -0.4 is 20.3 Å². The zero-order valence-corrected chi connectivity index (χ0v) is 18.4. The highest BCUT2D eigenvalue weighted by molar-refractivity contribution is 5.99. The largest absolute Gasteiger partial charge is 0.493 e. The lowest BCUT2D eigenvalue weighted by Crippen LogP contribution is -2.30. The number of hydrazine groups is 1. The first-order valence-corrected chi connectivity index (χ1v) is 10.2. The number of nitrogens with one attached hydrogen (secondary N) is 2. The molecule has 0 spiro atoms. The molecule has 10 heteroatoms. The Kier molecular flexibility index (Phi) is 6.40. The number of nitro groups is 1. The molecule has 0 saturated carbocycles. The first-order chi connectivity index (χ1) is 16.5. The second kappa shape index (κ2) is 9.74. The van der Waals surface area contributed by atoms with Crippen LogP contribution in [0.4, 0.5) is 11.4 Å². The van der Waals surface area contributed by atoms with Crippen molar-refractivity contribution in [2.24, 2.45) is 0 Å². The lowest BCUT2D eigenvalue weighted by Gasteiger charge is -2.10. The van der Waals surface area contributed by atoms with E-state index in [1.165, 1.54) is 26.4 Å². The van der Waals surface area contributed by atoms with Gasteiger partial charge in [0, 0.05) is 17.8 Å². The van der Waals surface area contributed by atoms with E-state index in [-0.39, 0.29) is 17.1 Å². The number of hydrogen-bond acceptors (Lipinski definition) is 7. The number of nitrogens with zero attached hydrogens (tertiary/aromatic N) is 3. The Bertz CT molecular complexity index is 1340. The number of anilines is 1. The fraction of sp³-hybridized carbons (Fsp3) is 0.0833. The summed E-state index contributed by atoms with van der Waals surface area (Å²) in [5, 5.41) is 15.7. The number of methoxy groups -OCH3 is 2. The van der Waals surface area contributed by atoms with Crippen LogP contribution in [0.25, 0.3) is 16.8 Å². The predicted octanol–water partition coefficient (Wildman–Crippen LogP) is 4.22. The first-order valence-electron chi connectivity index (χ1n) is 10.2. The van der Waals surface area contributed by atoms with Crippen molar-refractivity contribution in [3.63, 3.8) is 0 Å². The standard InChI is InChI=1S/C24H21N5O5/c1-33-21-13-12-16(14-22(21)34-2)18-15-28(17-8-4-3-5-9-17)27-23(18)24(30)26-25-19-10-6-7-11-20(19)29(31)32/h3-15,25H,1-2H3,(H,26,30). The zero-order chi connectivity index (χ0) is 24.1. The fourth-order valence-corrected chi connectivity index (χ4v) is 3.39. The van der Waals surface area contributed by atoms with Crippen molar-refractivity contribution in [1.29, 1.82) is 0 Å². The first kappa shape index (κ1) is 22.3. The zero-order valence-electron chi connectivity index (χ0n) is 18.4. The van der Waals surface area contributed by atoms with Crippen molar-refractivity contribution >= 4 is 17.3 Å². The number of benzene rings is 3. The van der Waals surface area contributed by atoms with Crippen LogP contribution in [0.5, 0.6) is 11.5 Å². The van der Waals surface area contributed by atoms with E-state index in [0.717, 1.165) is 5.69 Å². The Morgan fingerprint density at radius 2 is 1.68 bits per heavy atom. The summed E-state index contributed by atoms with van der Waals surface area (Å²) in [6.07, 6.45) is 1.73. The second-order valence-electron chi connectivity index (χ2n) is 7.09. The predicted molar refractivity (Wildman–Crippen MR) is 126 cm³/mol. The van der Waals surface area contributed by atoms with E-state index < -0.39 is 10.8 Å². The number of ether oxygens (including phenoxy) is 2.